The smallest absolute Gasteiger partial charge is 0.404 e. The minimum atomic E-state index is -0.889. The monoisotopic (exact) mass is 241 g/mol. The third-order valence-electron chi connectivity index (χ3n) is 4.37. The van der Waals surface area contributed by atoms with Gasteiger partial charge in [0.15, 0.2) is 0 Å². The van der Waals surface area contributed by atoms with Crippen molar-refractivity contribution in [3.8, 4) is 0 Å². The molecule has 2 atom stereocenters. The summed E-state index contributed by atoms with van der Waals surface area (Å²) >= 11 is 0. The van der Waals surface area contributed by atoms with Crippen LogP contribution in [-0.2, 0) is 0 Å². The van der Waals surface area contributed by atoms with E-state index in [-0.39, 0.29) is 0 Å². The van der Waals surface area contributed by atoms with Crippen LogP contribution < -0.4 is 5.32 Å². The molecular weight excluding hydrogens is 214 g/mol. The van der Waals surface area contributed by atoms with E-state index in [9.17, 15) is 4.79 Å². The van der Waals surface area contributed by atoms with Crippen LogP contribution in [-0.4, -0.2) is 17.7 Å². The molecule has 0 aromatic carbocycles. The summed E-state index contributed by atoms with van der Waals surface area (Å²) in [7, 11) is 0. The summed E-state index contributed by atoms with van der Waals surface area (Å²) < 4.78 is 0. The highest BCUT2D eigenvalue weighted by atomic mass is 16.4. The van der Waals surface area contributed by atoms with Gasteiger partial charge in [-0.3, -0.25) is 0 Å². The molecule has 0 bridgehead atoms. The van der Waals surface area contributed by atoms with Crippen LogP contribution in [0.25, 0.3) is 0 Å². The lowest BCUT2D eigenvalue weighted by Gasteiger charge is -2.42. The number of carbonyl (C=O) groups is 1. The van der Waals surface area contributed by atoms with E-state index in [0.717, 1.165) is 12.3 Å². The van der Waals surface area contributed by atoms with E-state index in [2.05, 4.69) is 26.1 Å². The topological polar surface area (TPSA) is 49.3 Å². The van der Waals surface area contributed by atoms with Gasteiger partial charge in [-0.05, 0) is 42.9 Å². The molecule has 0 heterocycles. The Bertz CT molecular complexity index is 251. The Kier molecular flexibility index (Phi) is 5.29. The van der Waals surface area contributed by atoms with Crippen LogP contribution in [0.5, 0.6) is 0 Å². The second kappa shape index (κ2) is 6.27. The van der Waals surface area contributed by atoms with Gasteiger partial charge in [-0.2, -0.15) is 0 Å². The molecule has 3 nitrogen and oxygen atoms in total. The molecule has 100 valence electrons. The van der Waals surface area contributed by atoms with Crippen molar-refractivity contribution >= 4 is 6.09 Å². The molecular formula is C14H27NO2. The van der Waals surface area contributed by atoms with Crippen molar-refractivity contribution in [1.29, 1.82) is 0 Å². The summed E-state index contributed by atoms with van der Waals surface area (Å²) in [6.07, 6.45) is 6.54. The number of hydrogen-bond donors (Lipinski definition) is 2. The Balaban J connectivity index is 2.45. The Morgan fingerprint density at radius 2 is 2.18 bits per heavy atom. The van der Waals surface area contributed by atoms with E-state index < -0.39 is 6.09 Å². The van der Waals surface area contributed by atoms with Crippen LogP contribution in [0, 0.1) is 17.3 Å². The predicted octanol–water partition coefficient (Wildman–Crippen LogP) is 3.89. The van der Waals surface area contributed by atoms with E-state index in [1.807, 2.05) is 0 Å². The standard InChI is InChI=1S/C14H27NO2/c1-4-5-6-12-9-11(10-15-13(16)17)7-8-14(12,2)3/h11-12,15H,4-10H2,1-3H3,(H,16,17)/t11-,12-/m1/s1. The number of nitrogens with one attached hydrogen (secondary N) is 1. The first-order chi connectivity index (χ1) is 7.95. The summed E-state index contributed by atoms with van der Waals surface area (Å²) in [5.41, 5.74) is 0.439. The lowest BCUT2D eigenvalue weighted by atomic mass is 9.64. The maximum atomic E-state index is 10.5. The van der Waals surface area contributed by atoms with Gasteiger partial charge in [0, 0.05) is 6.54 Å². The van der Waals surface area contributed by atoms with Crippen LogP contribution in [0.15, 0.2) is 0 Å². The van der Waals surface area contributed by atoms with Gasteiger partial charge in [-0.15, -0.1) is 0 Å². The highest BCUT2D eigenvalue weighted by Crippen LogP contribution is 2.45. The van der Waals surface area contributed by atoms with Gasteiger partial charge in [-0.25, -0.2) is 4.79 Å². The van der Waals surface area contributed by atoms with Crippen LogP contribution in [0.3, 0.4) is 0 Å². The number of hydrogen-bond acceptors (Lipinski definition) is 1. The number of rotatable bonds is 5. The SMILES string of the molecule is CCCC[C@@H]1C[C@H](CNC(=O)O)CCC1(C)C. The fraction of sp³-hybridized carbons (Fsp3) is 0.929. The zero-order valence-electron chi connectivity index (χ0n) is 11.5. The molecule has 0 aliphatic heterocycles. The molecule has 0 saturated heterocycles. The third-order valence-corrected chi connectivity index (χ3v) is 4.37. The first kappa shape index (κ1) is 14.3. The Hall–Kier alpha value is -0.730. The molecule has 1 saturated carbocycles. The van der Waals surface area contributed by atoms with Crippen molar-refractivity contribution in [3.05, 3.63) is 0 Å². The first-order valence-corrected chi connectivity index (χ1v) is 6.92. The molecule has 2 N–H and O–H groups in total. The quantitative estimate of drug-likeness (QED) is 0.767. The van der Waals surface area contributed by atoms with Gasteiger partial charge in [0.05, 0.1) is 0 Å². The number of amides is 1. The zero-order valence-corrected chi connectivity index (χ0v) is 11.5. The predicted molar refractivity (Wildman–Crippen MR) is 70.2 cm³/mol. The van der Waals surface area contributed by atoms with Crippen molar-refractivity contribution in [2.75, 3.05) is 6.54 Å². The number of unbranched alkanes of at least 4 members (excludes halogenated alkanes) is 1. The molecule has 1 amide bonds. The van der Waals surface area contributed by atoms with E-state index in [1.54, 1.807) is 0 Å². The fourth-order valence-corrected chi connectivity index (χ4v) is 3.00. The van der Waals surface area contributed by atoms with E-state index >= 15 is 0 Å². The lowest BCUT2D eigenvalue weighted by molar-refractivity contribution is 0.0881. The van der Waals surface area contributed by atoms with E-state index in [0.29, 0.717) is 17.9 Å². The van der Waals surface area contributed by atoms with Crippen LogP contribution in [0.1, 0.15) is 59.3 Å². The van der Waals surface area contributed by atoms with Crippen LogP contribution in [0.4, 0.5) is 4.79 Å². The van der Waals surface area contributed by atoms with Gasteiger partial charge in [-0.1, -0.05) is 33.6 Å². The Labute approximate surface area is 105 Å². The summed E-state index contributed by atoms with van der Waals surface area (Å²) in [6, 6.07) is 0. The molecule has 1 fully saturated rings. The molecule has 17 heavy (non-hydrogen) atoms. The Morgan fingerprint density at radius 3 is 2.76 bits per heavy atom. The molecule has 1 aliphatic carbocycles. The third kappa shape index (κ3) is 4.57. The van der Waals surface area contributed by atoms with Gasteiger partial charge in [0.25, 0.3) is 0 Å². The van der Waals surface area contributed by atoms with Crippen molar-refractivity contribution < 1.29 is 9.90 Å². The fourth-order valence-electron chi connectivity index (χ4n) is 3.00. The minimum Gasteiger partial charge on any atom is -0.465 e. The van der Waals surface area contributed by atoms with Crippen molar-refractivity contribution in [2.24, 2.45) is 17.3 Å². The van der Waals surface area contributed by atoms with Crippen LogP contribution in [0.2, 0.25) is 0 Å². The van der Waals surface area contributed by atoms with Crippen molar-refractivity contribution in [2.45, 2.75) is 59.3 Å². The van der Waals surface area contributed by atoms with Gasteiger partial charge >= 0.3 is 6.09 Å². The van der Waals surface area contributed by atoms with E-state index in [1.165, 1.54) is 32.1 Å². The second-order valence-corrected chi connectivity index (χ2v) is 6.15. The second-order valence-electron chi connectivity index (χ2n) is 6.15. The summed E-state index contributed by atoms with van der Waals surface area (Å²) in [4.78, 5) is 10.5. The zero-order chi connectivity index (χ0) is 12.9. The van der Waals surface area contributed by atoms with Gasteiger partial charge in [0.1, 0.15) is 0 Å². The maximum Gasteiger partial charge on any atom is 0.404 e. The molecule has 3 heteroatoms. The molecule has 0 unspecified atom stereocenters. The average molecular weight is 241 g/mol. The highest BCUT2D eigenvalue weighted by molar-refractivity contribution is 5.64. The van der Waals surface area contributed by atoms with E-state index in [4.69, 9.17) is 5.11 Å². The molecule has 0 radical (unpaired) electrons. The minimum absolute atomic E-state index is 0.439. The van der Waals surface area contributed by atoms with Crippen LogP contribution >= 0.6 is 0 Å². The lowest BCUT2D eigenvalue weighted by Crippen LogP contribution is -2.37. The summed E-state index contributed by atoms with van der Waals surface area (Å²) in [5.74, 6) is 1.30. The largest absolute Gasteiger partial charge is 0.465 e. The summed E-state index contributed by atoms with van der Waals surface area (Å²) in [5, 5.41) is 11.2. The van der Waals surface area contributed by atoms with Gasteiger partial charge in [0.2, 0.25) is 0 Å². The normalized spacial score (nSPS) is 27.7. The molecule has 0 spiro atoms. The van der Waals surface area contributed by atoms with Crippen molar-refractivity contribution in [3.63, 3.8) is 0 Å². The first-order valence-electron chi connectivity index (χ1n) is 6.92. The maximum absolute atomic E-state index is 10.5. The van der Waals surface area contributed by atoms with Crippen molar-refractivity contribution in [1.82, 2.24) is 5.32 Å². The molecule has 1 aliphatic rings. The highest BCUT2D eigenvalue weighted by Gasteiger charge is 2.35. The molecule has 1 rings (SSSR count). The molecule has 0 aromatic rings. The Morgan fingerprint density at radius 1 is 1.47 bits per heavy atom. The molecule has 0 aromatic heterocycles. The average Bonchev–Trinajstić information content (AvgIpc) is 2.25. The summed E-state index contributed by atoms with van der Waals surface area (Å²) in [6.45, 7) is 7.61. The number of carboxylic acid groups (broad SMARTS) is 1. The van der Waals surface area contributed by atoms with Gasteiger partial charge < -0.3 is 10.4 Å².